The molecule has 1 aliphatic rings. The van der Waals surface area contributed by atoms with Crippen molar-refractivity contribution in [1.82, 2.24) is 9.55 Å². The molecule has 8 heteroatoms. The quantitative estimate of drug-likeness (QED) is 0.562. The number of nitrogens with two attached hydrogens (primary N) is 1. The third kappa shape index (κ3) is 3.71. The van der Waals surface area contributed by atoms with Crippen LogP contribution >= 0.6 is 12.2 Å². The van der Waals surface area contributed by atoms with E-state index in [1.54, 1.807) is 31.4 Å². The molecule has 0 spiro atoms. The number of hydrogen-bond donors (Lipinski definition) is 3. The number of nitrogens with zero attached hydrogens (tertiary/aromatic N) is 2. The summed E-state index contributed by atoms with van der Waals surface area (Å²) in [6.07, 6.45) is 5.37. The van der Waals surface area contributed by atoms with Crippen molar-refractivity contribution in [2.45, 2.75) is 37.8 Å². The van der Waals surface area contributed by atoms with Gasteiger partial charge in [0.25, 0.3) is 5.56 Å². The number of aliphatic imine (C=N–C) groups is 1. The lowest BCUT2D eigenvalue weighted by atomic mass is 9.91. The number of H-pyrrole nitrogens is 1. The molecule has 0 amide bonds. The second-order valence-corrected chi connectivity index (χ2v) is 6.71. The van der Waals surface area contributed by atoms with E-state index in [1.165, 1.54) is 10.8 Å². The number of aromatic hydroxyl groups is 1. The number of aromatic amines is 1. The minimum Gasteiger partial charge on any atom is -0.497 e. The molecular weight excluding hydrogens is 352 g/mol. The molecule has 26 heavy (non-hydrogen) atoms. The van der Waals surface area contributed by atoms with Crippen LogP contribution in [0.2, 0.25) is 0 Å². The molecule has 1 fully saturated rings. The molecule has 4 N–H and O–H groups in total. The average Bonchev–Trinajstić information content (AvgIpc) is 2.63. The number of hydrogen-bond acceptors (Lipinski definition) is 6. The lowest BCUT2D eigenvalue weighted by molar-refractivity contribution is 0.387. The topological polar surface area (TPSA) is 106 Å². The summed E-state index contributed by atoms with van der Waals surface area (Å²) in [6, 6.07) is 6.91. The molecule has 1 heterocycles. The fourth-order valence-corrected chi connectivity index (χ4v) is 3.41. The van der Waals surface area contributed by atoms with Crippen molar-refractivity contribution in [3.63, 3.8) is 0 Å². The number of rotatable bonds is 4. The molecule has 0 bridgehead atoms. The SMILES string of the molecule is COc1ccc(-n2c(O)c(C=NC3CCCCC3N)c(=O)[nH]c2=S)cc1. The van der Waals surface area contributed by atoms with Crippen LogP contribution in [0.15, 0.2) is 34.1 Å². The van der Waals surface area contributed by atoms with Gasteiger partial charge >= 0.3 is 0 Å². The first kappa shape index (κ1) is 18.3. The predicted octanol–water partition coefficient (Wildman–Crippen LogP) is 2.30. The Hall–Kier alpha value is -2.45. The standard InChI is InChI=1S/C18H22N4O3S/c1-25-12-8-6-11(7-9-12)22-17(24)13(16(23)21-18(22)26)10-20-15-5-3-2-4-14(15)19/h6-10,14-15,24H,2-5,19H2,1H3,(H,21,23,26). The second-order valence-electron chi connectivity index (χ2n) is 6.32. The maximum Gasteiger partial charge on any atom is 0.264 e. The summed E-state index contributed by atoms with van der Waals surface area (Å²) < 4.78 is 6.62. The summed E-state index contributed by atoms with van der Waals surface area (Å²) >= 11 is 5.21. The predicted molar refractivity (Wildman–Crippen MR) is 103 cm³/mol. The highest BCUT2D eigenvalue weighted by Crippen LogP contribution is 2.22. The molecule has 2 aromatic rings. The van der Waals surface area contributed by atoms with E-state index in [9.17, 15) is 9.90 Å². The van der Waals surface area contributed by atoms with E-state index in [0.717, 1.165) is 25.7 Å². The van der Waals surface area contributed by atoms with E-state index in [4.69, 9.17) is 22.7 Å². The van der Waals surface area contributed by atoms with Crippen molar-refractivity contribution in [1.29, 1.82) is 0 Å². The number of ether oxygens (including phenoxy) is 1. The van der Waals surface area contributed by atoms with E-state index < -0.39 is 5.56 Å². The fraction of sp³-hybridized carbons (Fsp3) is 0.389. The highest BCUT2D eigenvalue weighted by atomic mass is 32.1. The molecule has 2 unspecified atom stereocenters. The summed E-state index contributed by atoms with van der Waals surface area (Å²) in [5.74, 6) is 0.425. The van der Waals surface area contributed by atoms with Crippen molar-refractivity contribution in [2.24, 2.45) is 10.7 Å². The number of methoxy groups -OCH3 is 1. The number of benzene rings is 1. The highest BCUT2D eigenvalue weighted by molar-refractivity contribution is 7.71. The van der Waals surface area contributed by atoms with Crippen LogP contribution in [-0.2, 0) is 0 Å². The van der Waals surface area contributed by atoms with Crippen LogP contribution in [0, 0.1) is 4.77 Å². The van der Waals surface area contributed by atoms with Crippen molar-refractivity contribution in [3.8, 4) is 17.3 Å². The van der Waals surface area contributed by atoms with Gasteiger partial charge < -0.3 is 15.6 Å². The highest BCUT2D eigenvalue weighted by Gasteiger charge is 2.21. The van der Waals surface area contributed by atoms with Gasteiger partial charge in [-0.3, -0.25) is 19.3 Å². The summed E-state index contributed by atoms with van der Waals surface area (Å²) in [5.41, 5.74) is 6.28. The smallest absolute Gasteiger partial charge is 0.264 e. The lowest BCUT2D eigenvalue weighted by Gasteiger charge is -2.25. The zero-order chi connectivity index (χ0) is 18.7. The molecule has 138 valence electrons. The Kier molecular flexibility index (Phi) is 5.53. The van der Waals surface area contributed by atoms with Crippen LogP contribution in [0.5, 0.6) is 11.6 Å². The van der Waals surface area contributed by atoms with Gasteiger partial charge in [0.2, 0.25) is 5.88 Å². The normalized spacial score (nSPS) is 20.4. The Morgan fingerprint density at radius 1 is 1.35 bits per heavy atom. The maximum absolute atomic E-state index is 12.3. The van der Waals surface area contributed by atoms with E-state index in [1.807, 2.05) is 0 Å². The zero-order valence-corrected chi connectivity index (χ0v) is 15.3. The largest absolute Gasteiger partial charge is 0.497 e. The van der Waals surface area contributed by atoms with Crippen molar-refractivity contribution >= 4 is 18.4 Å². The third-order valence-corrected chi connectivity index (χ3v) is 4.91. The van der Waals surface area contributed by atoms with Crippen LogP contribution in [0.3, 0.4) is 0 Å². The summed E-state index contributed by atoms with van der Waals surface area (Å²) in [5, 5.41) is 10.6. The van der Waals surface area contributed by atoms with Gasteiger partial charge in [0.1, 0.15) is 11.3 Å². The van der Waals surface area contributed by atoms with Crippen molar-refractivity contribution in [2.75, 3.05) is 7.11 Å². The van der Waals surface area contributed by atoms with E-state index in [2.05, 4.69) is 9.98 Å². The minimum absolute atomic E-state index is 0.0202. The molecule has 1 aliphatic carbocycles. The molecule has 3 rings (SSSR count). The number of nitrogens with one attached hydrogen (secondary N) is 1. The Bertz CT molecular complexity index is 918. The molecular formula is C18H22N4O3S. The van der Waals surface area contributed by atoms with Crippen LogP contribution in [-0.4, -0.2) is 40.1 Å². The maximum atomic E-state index is 12.3. The van der Waals surface area contributed by atoms with E-state index >= 15 is 0 Å². The zero-order valence-electron chi connectivity index (χ0n) is 14.5. The Morgan fingerprint density at radius 2 is 2.04 bits per heavy atom. The van der Waals surface area contributed by atoms with Gasteiger partial charge in [0.05, 0.1) is 18.8 Å². The van der Waals surface area contributed by atoms with Crippen LogP contribution < -0.4 is 16.0 Å². The second kappa shape index (κ2) is 7.84. The Morgan fingerprint density at radius 3 is 2.69 bits per heavy atom. The molecule has 1 saturated carbocycles. The first-order chi connectivity index (χ1) is 12.5. The Balaban J connectivity index is 2.01. The van der Waals surface area contributed by atoms with Gasteiger partial charge in [-0.15, -0.1) is 0 Å². The fourth-order valence-electron chi connectivity index (χ4n) is 3.12. The minimum atomic E-state index is -0.481. The Labute approximate surface area is 156 Å². The summed E-state index contributed by atoms with van der Waals surface area (Å²) in [4.78, 5) is 19.3. The number of aromatic nitrogens is 2. The van der Waals surface area contributed by atoms with E-state index in [0.29, 0.717) is 11.4 Å². The molecule has 0 saturated heterocycles. The summed E-state index contributed by atoms with van der Waals surface area (Å²) in [6.45, 7) is 0. The van der Waals surface area contributed by atoms with Gasteiger partial charge in [-0.05, 0) is 49.3 Å². The van der Waals surface area contributed by atoms with Gasteiger partial charge in [-0.25, -0.2) is 0 Å². The first-order valence-corrected chi connectivity index (χ1v) is 8.93. The average molecular weight is 374 g/mol. The molecule has 7 nitrogen and oxygen atoms in total. The van der Waals surface area contributed by atoms with Crippen LogP contribution in [0.1, 0.15) is 31.2 Å². The molecule has 0 radical (unpaired) electrons. The molecule has 1 aromatic carbocycles. The van der Waals surface area contributed by atoms with Crippen molar-refractivity contribution in [3.05, 3.63) is 45.0 Å². The molecule has 0 aliphatic heterocycles. The van der Waals surface area contributed by atoms with E-state index in [-0.39, 0.29) is 28.3 Å². The lowest BCUT2D eigenvalue weighted by Crippen LogP contribution is -2.36. The molecule has 1 aromatic heterocycles. The van der Waals surface area contributed by atoms with Gasteiger partial charge in [-0.2, -0.15) is 0 Å². The third-order valence-electron chi connectivity index (χ3n) is 4.63. The van der Waals surface area contributed by atoms with Crippen molar-refractivity contribution < 1.29 is 9.84 Å². The monoisotopic (exact) mass is 374 g/mol. The van der Waals surface area contributed by atoms with Gasteiger partial charge in [0.15, 0.2) is 4.77 Å². The van der Waals surface area contributed by atoms with Crippen LogP contribution in [0.25, 0.3) is 5.69 Å². The molecule has 2 atom stereocenters. The van der Waals surface area contributed by atoms with Crippen LogP contribution in [0.4, 0.5) is 0 Å². The first-order valence-electron chi connectivity index (χ1n) is 8.52. The summed E-state index contributed by atoms with van der Waals surface area (Å²) in [7, 11) is 1.57. The van der Waals surface area contributed by atoms with Gasteiger partial charge in [0, 0.05) is 12.3 Å². The van der Waals surface area contributed by atoms with Gasteiger partial charge in [-0.1, -0.05) is 12.8 Å².